The predicted molar refractivity (Wildman–Crippen MR) is 106 cm³/mol. The smallest absolute Gasteiger partial charge is 0.220 e. The van der Waals surface area contributed by atoms with Crippen molar-refractivity contribution < 1.29 is 4.79 Å². The average Bonchev–Trinajstić information content (AvgIpc) is 3.05. The quantitative estimate of drug-likeness (QED) is 0.862. The second-order valence-electron chi connectivity index (χ2n) is 9.27. The Kier molecular flexibility index (Phi) is 5.35. The van der Waals surface area contributed by atoms with Crippen molar-refractivity contribution in [3.8, 4) is 0 Å². The number of likely N-dealkylation sites (N-methyl/N-ethyl adjacent to an activating group) is 1. The van der Waals surface area contributed by atoms with Gasteiger partial charge >= 0.3 is 0 Å². The monoisotopic (exact) mass is 354 g/mol. The molecule has 2 bridgehead atoms. The van der Waals surface area contributed by atoms with Gasteiger partial charge in [-0.05, 0) is 74.9 Å². The zero-order chi connectivity index (χ0) is 18.0. The number of nitrogens with zero attached hydrogens (tertiary/aromatic N) is 1. The Bertz CT molecular complexity index is 616. The lowest BCUT2D eigenvalue weighted by Crippen LogP contribution is -2.41. The van der Waals surface area contributed by atoms with Crippen LogP contribution in [0.1, 0.15) is 63.4 Å². The van der Waals surface area contributed by atoms with Crippen molar-refractivity contribution in [3.05, 3.63) is 35.9 Å². The molecule has 3 heteroatoms. The summed E-state index contributed by atoms with van der Waals surface area (Å²) >= 11 is 0. The summed E-state index contributed by atoms with van der Waals surface area (Å²) in [6.45, 7) is 2.11. The third-order valence-electron chi connectivity index (χ3n) is 7.22. The molecular weight excluding hydrogens is 320 g/mol. The molecule has 4 rings (SSSR count). The molecule has 1 amide bonds. The van der Waals surface area contributed by atoms with Gasteiger partial charge in [0.25, 0.3) is 0 Å². The zero-order valence-electron chi connectivity index (χ0n) is 16.3. The van der Waals surface area contributed by atoms with Crippen LogP contribution in [-0.2, 0) is 10.2 Å². The van der Waals surface area contributed by atoms with Gasteiger partial charge in [-0.3, -0.25) is 4.79 Å². The Morgan fingerprint density at radius 3 is 2.85 bits per heavy atom. The van der Waals surface area contributed by atoms with E-state index in [0.29, 0.717) is 23.8 Å². The van der Waals surface area contributed by atoms with Gasteiger partial charge in [-0.1, -0.05) is 43.2 Å². The maximum absolute atomic E-state index is 12.4. The van der Waals surface area contributed by atoms with Gasteiger partial charge in [0, 0.05) is 19.0 Å². The van der Waals surface area contributed by atoms with E-state index in [0.717, 1.165) is 31.8 Å². The van der Waals surface area contributed by atoms with Gasteiger partial charge in [0.05, 0.1) is 0 Å². The maximum Gasteiger partial charge on any atom is 0.220 e. The number of carbonyl (C=O) groups is 1. The second-order valence-corrected chi connectivity index (χ2v) is 9.27. The number of benzene rings is 1. The largest absolute Gasteiger partial charge is 0.352 e. The topological polar surface area (TPSA) is 32.3 Å². The van der Waals surface area contributed by atoms with Gasteiger partial charge in [0.15, 0.2) is 0 Å². The lowest BCUT2D eigenvalue weighted by Gasteiger charge is -2.49. The van der Waals surface area contributed by atoms with E-state index in [4.69, 9.17) is 0 Å². The molecule has 2 aliphatic carbocycles. The SMILES string of the molecule is CN1CC[C@@H](NC(=O)CCC2CC3CCCC(c4ccccc4)(C3)C2)C1. The van der Waals surface area contributed by atoms with Gasteiger partial charge < -0.3 is 10.2 Å². The minimum Gasteiger partial charge on any atom is -0.352 e. The van der Waals surface area contributed by atoms with E-state index in [-0.39, 0.29) is 5.91 Å². The van der Waals surface area contributed by atoms with E-state index < -0.39 is 0 Å². The summed E-state index contributed by atoms with van der Waals surface area (Å²) in [5.74, 6) is 1.86. The molecule has 3 aliphatic rings. The van der Waals surface area contributed by atoms with Gasteiger partial charge in [-0.2, -0.15) is 0 Å². The molecule has 1 aliphatic heterocycles. The number of amides is 1. The predicted octanol–water partition coefficient (Wildman–Crippen LogP) is 4.13. The number of carbonyl (C=O) groups excluding carboxylic acids is 1. The Hall–Kier alpha value is -1.35. The molecule has 1 saturated heterocycles. The number of fused-ring (bicyclic) bond motifs is 2. The highest BCUT2D eigenvalue weighted by molar-refractivity contribution is 5.76. The minimum absolute atomic E-state index is 0.273. The highest BCUT2D eigenvalue weighted by Gasteiger charge is 2.43. The summed E-state index contributed by atoms with van der Waals surface area (Å²) in [5.41, 5.74) is 1.94. The van der Waals surface area contributed by atoms with E-state index in [2.05, 4.69) is 47.6 Å². The molecule has 3 unspecified atom stereocenters. The molecule has 0 aromatic heterocycles. The van der Waals surface area contributed by atoms with Crippen molar-refractivity contribution in [1.82, 2.24) is 10.2 Å². The molecule has 0 radical (unpaired) electrons. The van der Waals surface area contributed by atoms with Crippen molar-refractivity contribution >= 4 is 5.91 Å². The molecule has 1 N–H and O–H groups in total. The Morgan fingerprint density at radius 2 is 2.08 bits per heavy atom. The molecule has 142 valence electrons. The van der Waals surface area contributed by atoms with Crippen molar-refractivity contribution in [2.45, 2.75) is 69.2 Å². The first-order chi connectivity index (χ1) is 12.6. The molecule has 4 atom stereocenters. The molecule has 1 heterocycles. The van der Waals surface area contributed by atoms with E-state index in [1.807, 2.05) is 0 Å². The molecule has 3 nitrogen and oxygen atoms in total. The van der Waals surface area contributed by atoms with Crippen LogP contribution < -0.4 is 5.32 Å². The Labute approximate surface area is 158 Å². The van der Waals surface area contributed by atoms with E-state index in [9.17, 15) is 4.79 Å². The summed E-state index contributed by atoms with van der Waals surface area (Å²) < 4.78 is 0. The third kappa shape index (κ3) is 3.98. The van der Waals surface area contributed by atoms with Crippen molar-refractivity contribution in [2.75, 3.05) is 20.1 Å². The first kappa shape index (κ1) is 18.0. The highest BCUT2D eigenvalue weighted by Crippen LogP contribution is 2.53. The number of hydrogen-bond donors (Lipinski definition) is 1. The second kappa shape index (κ2) is 7.72. The lowest BCUT2D eigenvalue weighted by atomic mass is 9.56. The molecule has 3 fully saturated rings. The average molecular weight is 355 g/mol. The van der Waals surface area contributed by atoms with Crippen LogP contribution in [-0.4, -0.2) is 37.0 Å². The minimum atomic E-state index is 0.273. The maximum atomic E-state index is 12.4. The third-order valence-corrected chi connectivity index (χ3v) is 7.22. The van der Waals surface area contributed by atoms with Crippen LogP contribution in [0.5, 0.6) is 0 Å². The van der Waals surface area contributed by atoms with Gasteiger partial charge in [0.2, 0.25) is 5.91 Å². The fraction of sp³-hybridized carbons (Fsp3) is 0.696. The summed E-state index contributed by atoms with van der Waals surface area (Å²) in [7, 11) is 2.13. The van der Waals surface area contributed by atoms with Crippen molar-refractivity contribution in [1.29, 1.82) is 0 Å². The molecule has 1 aromatic rings. The summed E-state index contributed by atoms with van der Waals surface area (Å²) in [5, 5.41) is 3.26. The van der Waals surface area contributed by atoms with Crippen LogP contribution in [0, 0.1) is 11.8 Å². The summed E-state index contributed by atoms with van der Waals surface area (Å²) in [6.07, 6.45) is 11.0. The molecular formula is C23H34N2O. The van der Waals surface area contributed by atoms with E-state index in [1.54, 1.807) is 5.56 Å². The first-order valence-corrected chi connectivity index (χ1v) is 10.7. The fourth-order valence-corrected chi connectivity index (χ4v) is 6.06. The van der Waals surface area contributed by atoms with Crippen LogP contribution >= 0.6 is 0 Å². The van der Waals surface area contributed by atoms with Crippen LogP contribution in [0.3, 0.4) is 0 Å². The molecule has 2 saturated carbocycles. The normalized spacial score (nSPS) is 34.6. The van der Waals surface area contributed by atoms with Crippen LogP contribution in [0.15, 0.2) is 30.3 Å². The zero-order valence-corrected chi connectivity index (χ0v) is 16.3. The lowest BCUT2D eigenvalue weighted by molar-refractivity contribution is -0.122. The Morgan fingerprint density at radius 1 is 1.23 bits per heavy atom. The standard InChI is InChI=1S/C23H34N2O/c1-25-13-11-21(17-25)24-22(26)10-9-19-14-18-6-5-12-23(15-18,16-19)20-7-3-2-4-8-20/h2-4,7-8,18-19,21H,5-6,9-17H2,1H3,(H,24,26)/t18?,19?,21-,23?/m1/s1. The number of rotatable bonds is 5. The number of nitrogens with one attached hydrogen (secondary N) is 1. The highest BCUT2D eigenvalue weighted by atomic mass is 16.1. The summed E-state index contributed by atoms with van der Waals surface area (Å²) in [6, 6.07) is 11.6. The van der Waals surface area contributed by atoms with Crippen LogP contribution in [0.25, 0.3) is 0 Å². The fourth-order valence-electron chi connectivity index (χ4n) is 6.06. The first-order valence-electron chi connectivity index (χ1n) is 10.7. The molecule has 0 spiro atoms. The van der Waals surface area contributed by atoms with Crippen molar-refractivity contribution in [2.24, 2.45) is 11.8 Å². The van der Waals surface area contributed by atoms with Crippen LogP contribution in [0.2, 0.25) is 0 Å². The number of likely N-dealkylation sites (tertiary alicyclic amines) is 1. The Balaban J connectivity index is 1.35. The van der Waals surface area contributed by atoms with Gasteiger partial charge in [-0.15, -0.1) is 0 Å². The molecule has 1 aromatic carbocycles. The number of hydrogen-bond acceptors (Lipinski definition) is 2. The van der Waals surface area contributed by atoms with Crippen LogP contribution in [0.4, 0.5) is 0 Å². The van der Waals surface area contributed by atoms with Gasteiger partial charge in [-0.25, -0.2) is 0 Å². The van der Waals surface area contributed by atoms with Crippen molar-refractivity contribution in [3.63, 3.8) is 0 Å². The summed E-state index contributed by atoms with van der Waals surface area (Å²) in [4.78, 5) is 14.7. The van der Waals surface area contributed by atoms with E-state index >= 15 is 0 Å². The van der Waals surface area contributed by atoms with Gasteiger partial charge in [0.1, 0.15) is 0 Å². The van der Waals surface area contributed by atoms with E-state index in [1.165, 1.54) is 38.5 Å². The molecule has 26 heavy (non-hydrogen) atoms.